The first-order chi connectivity index (χ1) is 19.0. The Morgan fingerprint density at radius 2 is 1.82 bits per heavy atom. The highest BCUT2D eigenvalue weighted by Crippen LogP contribution is 2.26. The van der Waals surface area contributed by atoms with Crippen LogP contribution < -0.4 is 4.90 Å². The van der Waals surface area contributed by atoms with Crippen LogP contribution in [0.5, 0.6) is 0 Å². The van der Waals surface area contributed by atoms with E-state index in [0.29, 0.717) is 53.8 Å². The molecule has 0 radical (unpaired) electrons. The number of aromatic nitrogens is 4. The van der Waals surface area contributed by atoms with E-state index >= 15 is 0 Å². The molecule has 0 bridgehead atoms. The summed E-state index contributed by atoms with van der Waals surface area (Å²) in [6, 6.07) is 8.38. The van der Waals surface area contributed by atoms with Crippen LogP contribution in [0.3, 0.4) is 0 Å². The Balaban J connectivity index is 1.62. The van der Waals surface area contributed by atoms with Crippen LogP contribution in [0.25, 0.3) is 11.4 Å². The monoisotopic (exact) mass is 547 g/mol. The number of benzene rings is 1. The third-order valence-electron chi connectivity index (χ3n) is 5.96. The number of morpholine rings is 1. The molecular weight excluding hydrogens is 518 g/mol. The van der Waals surface area contributed by atoms with E-state index in [2.05, 4.69) is 15.1 Å². The Hall–Kier alpha value is -4.83. The van der Waals surface area contributed by atoms with E-state index < -0.39 is 17.8 Å². The molecule has 3 heterocycles. The lowest BCUT2D eigenvalue weighted by Gasteiger charge is -2.26. The molecule has 1 N–H and O–H groups in total. The first kappa shape index (κ1) is 28.2. The standard InChI is InChI=1S/C27H29N7O6/c1-27(2,3)40-26(38)34(25(36)37)16-18-14-29-24(30-15-18)19-6-5-17(13-28)11-20(19)23(35)21-12-22(31-32(21)4)33-7-9-39-10-8-33/h5-6,11-12,14-15H,7-10,16H2,1-4H3,(H,36,37). The molecule has 0 saturated carbocycles. The molecule has 0 aliphatic carbocycles. The zero-order chi connectivity index (χ0) is 29.0. The summed E-state index contributed by atoms with van der Waals surface area (Å²) in [6.45, 7) is 7.04. The first-order valence-corrected chi connectivity index (χ1v) is 12.5. The summed E-state index contributed by atoms with van der Waals surface area (Å²) in [5.41, 5.74) is 0.662. The molecule has 40 heavy (non-hydrogen) atoms. The second kappa shape index (κ2) is 11.5. The lowest BCUT2D eigenvalue weighted by molar-refractivity contribution is 0.0255. The molecule has 0 atom stereocenters. The average Bonchev–Trinajstić information content (AvgIpc) is 3.32. The quantitative estimate of drug-likeness (QED) is 0.451. The maximum Gasteiger partial charge on any atom is 0.420 e. The summed E-state index contributed by atoms with van der Waals surface area (Å²) in [7, 11) is 1.68. The molecule has 1 aliphatic rings. The van der Waals surface area contributed by atoms with Crippen molar-refractivity contribution in [1.29, 1.82) is 5.26 Å². The van der Waals surface area contributed by atoms with E-state index in [1.807, 2.05) is 11.0 Å². The fraction of sp³-hybridized carbons (Fsp3) is 0.370. The number of amides is 2. The zero-order valence-corrected chi connectivity index (χ0v) is 22.6. The predicted octanol–water partition coefficient (Wildman–Crippen LogP) is 3.23. The summed E-state index contributed by atoms with van der Waals surface area (Å²) in [6.07, 6.45) is 0.244. The SMILES string of the molecule is Cn1nc(N2CCOCC2)cc1C(=O)c1cc(C#N)ccc1-c1ncc(CN(C(=O)O)C(=O)OC(C)(C)C)cn1. The number of hydrogen-bond donors (Lipinski definition) is 1. The van der Waals surface area contributed by atoms with E-state index in [1.54, 1.807) is 46.0 Å². The fourth-order valence-electron chi connectivity index (χ4n) is 4.03. The van der Waals surface area contributed by atoms with Crippen molar-refractivity contribution in [1.82, 2.24) is 24.6 Å². The summed E-state index contributed by atoms with van der Waals surface area (Å²) in [4.78, 5) is 48.9. The van der Waals surface area contributed by atoms with Crippen LogP contribution in [0.1, 0.15) is 48.0 Å². The Labute approximate surface area is 230 Å². The summed E-state index contributed by atoms with van der Waals surface area (Å²) in [5.74, 6) is 0.475. The molecule has 3 aromatic rings. The number of carboxylic acid groups (broad SMARTS) is 1. The van der Waals surface area contributed by atoms with Crippen LogP contribution in [0.4, 0.5) is 15.4 Å². The highest BCUT2D eigenvalue weighted by atomic mass is 16.6. The van der Waals surface area contributed by atoms with Gasteiger partial charge in [0, 0.05) is 55.3 Å². The Morgan fingerprint density at radius 1 is 1.15 bits per heavy atom. The second-order valence-corrected chi connectivity index (χ2v) is 10.1. The number of rotatable bonds is 6. The number of ether oxygens (including phenoxy) is 2. The minimum Gasteiger partial charge on any atom is -0.465 e. The van der Waals surface area contributed by atoms with Gasteiger partial charge in [-0.15, -0.1) is 0 Å². The largest absolute Gasteiger partial charge is 0.465 e. The molecule has 2 amide bonds. The topological polar surface area (TPSA) is 164 Å². The molecule has 1 fully saturated rings. The number of nitrogens with zero attached hydrogens (tertiary/aromatic N) is 7. The van der Waals surface area contributed by atoms with Gasteiger partial charge in [-0.25, -0.2) is 24.5 Å². The van der Waals surface area contributed by atoms with Crippen molar-refractivity contribution in [3.05, 3.63) is 59.0 Å². The molecule has 208 valence electrons. The van der Waals surface area contributed by atoms with Gasteiger partial charge >= 0.3 is 12.2 Å². The highest BCUT2D eigenvalue weighted by molar-refractivity contribution is 6.12. The minimum atomic E-state index is -1.48. The molecule has 1 aliphatic heterocycles. The van der Waals surface area contributed by atoms with Crippen molar-refractivity contribution < 1.29 is 29.0 Å². The summed E-state index contributed by atoms with van der Waals surface area (Å²) < 4.78 is 12.1. The number of ketones is 1. The van der Waals surface area contributed by atoms with Crippen molar-refractivity contribution in [2.45, 2.75) is 32.9 Å². The van der Waals surface area contributed by atoms with Crippen molar-refractivity contribution >= 4 is 23.8 Å². The molecule has 0 spiro atoms. The van der Waals surface area contributed by atoms with Gasteiger partial charge in [0.1, 0.15) is 11.3 Å². The second-order valence-electron chi connectivity index (χ2n) is 10.1. The van der Waals surface area contributed by atoms with Gasteiger partial charge in [0.05, 0.1) is 31.4 Å². The number of imide groups is 1. The summed E-state index contributed by atoms with van der Waals surface area (Å²) >= 11 is 0. The van der Waals surface area contributed by atoms with Crippen LogP contribution in [-0.2, 0) is 23.1 Å². The van der Waals surface area contributed by atoms with Crippen LogP contribution in [-0.4, -0.2) is 79.6 Å². The number of nitriles is 1. The molecule has 1 saturated heterocycles. The number of hydrogen-bond acceptors (Lipinski definition) is 10. The molecule has 13 nitrogen and oxygen atoms in total. The van der Waals surface area contributed by atoms with Crippen LogP contribution in [0.2, 0.25) is 0 Å². The van der Waals surface area contributed by atoms with E-state index in [1.165, 1.54) is 23.1 Å². The lowest BCUT2D eigenvalue weighted by Crippen LogP contribution is -2.39. The van der Waals surface area contributed by atoms with Crippen LogP contribution in [0, 0.1) is 11.3 Å². The average molecular weight is 548 g/mol. The number of aryl methyl sites for hydroxylation is 1. The Bertz CT molecular complexity index is 1460. The van der Waals surface area contributed by atoms with Crippen LogP contribution >= 0.6 is 0 Å². The van der Waals surface area contributed by atoms with Gasteiger partial charge in [0.25, 0.3) is 0 Å². The van der Waals surface area contributed by atoms with Gasteiger partial charge in [-0.3, -0.25) is 9.48 Å². The molecule has 1 aromatic carbocycles. The van der Waals surface area contributed by atoms with Crippen molar-refractivity contribution in [3.63, 3.8) is 0 Å². The van der Waals surface area contributed by atoms with Gasteiger partial charge in [0.2, 0.25) is 5.78 Å². The normalized spacial score (nSPS) is 13.4. The smallest absolute Gasteiger partial charge is 0.420 e. The maximum absolute atomic E-state index is 13.7. The third-order valence-corrected chi connectivity index (χ3v) is 5.96. The molecular formula is C27H29N7O6. The lowest BCUT2D eigenvalue weighted by atomic mass is 9.98. The number of anilines is 1. The zero-order valence-electron chi connectivity index (χ0n) is 22.6. The highest BCUT2D eigenvalue weighted by Gasteiger charge is 2.28. The predicted molar refractivity (Wildman–Crippen MR) is 142 cm³/mol. The maximum atomic E-state index is 13.7. The van der Waals surface area contributed by atoms with Crippen molar-refractivity contribution in [2.75, 3.05) is 31.2 Å². The number of carbonyl (C=O) groups is 3. The Morgan fingerprint density at radius 3 is 2.42 bits per heavy atom. The molecule has 13 heteroatoms. The van der Waals surface area contributed by atoms with Crippen LogP contribution in [0.15, 0.2) is 36.7 Å². The van der Waals surface area contributed by atoms with Gasteiger partial charge in [-0.05, 0) is 39.0 Å². The molecule has 0 unspecified atom stereocenters. The van der Waals surface area contributed by atoms with Gasteiger partial charge < -0.3 is 19.5 Å². The van der Waals surface area contributed by atoms with E-state index in [9.17, 15) is 24.8 Å². The van der Waals surface area contributed by atoms with E-state index in [4.69, 9.17) is 9.47 Å². The first-order valence-electron chi connectivity index (χ1n) is 12.5. The third kappa shape index (κ3) is 6.41. The van der Waals surface area contributed by atoms with Crippen molar-refractivity contribution in [3.8, 4) is 17.5 Å². The van der Waals surface area contributed by atoms with Gasteiger partial charge in [0.15, 0.2) is 11.6 Å². The minimum absolute atomic E-state index is 0.186. The molecule has 2 aromatic heterocycles. The van der Waals surface area contributed by atoms with Gasteiger partial charge in [-0.1, -0.05) is 0 Å². The molecule has 4 rings (SSSR count). The van der Waals surface area contributed by atoms with E-state index in [0.717, 1.165) is 0 Å². The number of carbonyl (C=O) groups excluding carboxylic acids is 2. The fourth-order valence-corrected chi connectivity index (χ4v) is 4.03. The van der Waals surface area contributed by atoms with Gasteiger partial charge in [-0.2, -0.15) is 10.4 Å². The van der Waals surface area contributed by atoms with E-state index in [-0.39, 0.29) is 29.3 Å². The van der Waals surface area contributed by atoms with Crippen molar-refractivity contribution in [2.24, 2.45) is 7.05 Å². The Kier molecular flexibility index (Phi) is 8.11. The summed E-state index contributed by atoms with van der Waals surface area (Å²) in [5, 5.41) is 23.5.